The zero-order valence-electron chi connectivity index (χ0n) is 13.1. The summed E-state index contributed by atoms with van der Waals surface area (Å²) in [6.45, 7) is 4.00. The van der Waals surface area contributed by atoms with Gasteiger partial charge in [0, 0.05) is 18.0 Å². The minimum absolute atomic E-state index is 0.228. The number of amides is 1. The molecular weight excluding hydrogens is 320 g/mol. The van der Waals surface area contributed by atoms with Gasteiger partial charge in [-0.2, -0.15) is 0 Å². The number of carbonyl (C=O) groups is 1. The Labute approximate surface area is 142 Å². The molecule has 0 bridgehead atoms. The summed E-state index contributed by atoms with van der Waals surface area (Å²) in [6.07, 6.45) is 5.14. The second-order valence-electron chi connectivity index (χ2n) is 5.56. The number of rotatable bonds is 3. The molecule has 2 atom stereocenters. The summed E-state index contributed by atoms with van der Waals surface area (Å²) in [5.74, 6) is -0.433. The topological polar surface area (TPSA) is 112 Å². The maximum atomic E-state index is 13.0. The van der Waals surface area contributed by atoms with E-state index in [1.54, 1.807) is 35.4 Å². The van der Waals surface area contributed by atoms with E-state index in [0.29, 0.717) is 23.0 Å². The molecule has 25 heavy (non-hydrogen) atoms. The van der Waals surface area contributed by atoms with Gasteiger partial charge >= 0.3 is 0 Å². The standard InChI is InChI=1S/C16H14N8O/c1-10-13(15(25)20-11-5-4-7-17-9-11)14(12-6-2-3-8-18-12)24-16(19-10)21-22-23-24/h2-9,13-14H,1H2,(H,20,25)(H,19,21,23)/p+1. The second kappa shape index (κ2) is 6.11. The predicted molar refractivity (Wildman–Crippen MR) is 88.1 cm³/mol. The first-order valence-corrected chi connectivity index (χ1v) is 7.65. The molecule has 0 aliphatic carbocycles. The number of nitrogens with one attached hydrogen (secondary N) is 3. The number of aromatic amines is 1. The first-order valence-electron chi connectivity index (χ1n) is 7.65. The first-order chi connectivity index (χ1) is 12.2. The van der Waals surface area contributed by atoms with Crippen molar-refractivity contribution in [3.63, 3.8) is 0 Å². The number of tetrazole rings is 1. The van der Waals surface area contributed by atoms with Gasteiger partial charge in [-0.15, -0.1) is 0 Å². The Morgan fingerprint density at radius 3 is 3.00 bits per heavy atom. The van der Waals surface area contributed by atoms with Crippen LogP contribution in [0, 0.1) is 5.92 Å². The Bertz CT molecular complexity index is 908. The quantitative estimate of drug-likeness (QED) is 0.727. The van der Waals surface area contributed by atoms with E-state index in [4.69, 9.17) is 0 Å². The van der Waals surface area contributed by atoms with Crippen molar-refractivity contribution in [3.8, 4) is 0 Å². The zero-order valence-corrected chi connectivity index (χ0v) is 13.1. The molecule has 1 aliphatic heterocycles. The molecule has 0 spiro atoms. The van der Waals surface area contributed by atoms with Crippen LogP contribution in [0.15, 0.2) is 61.2 Å². The number of fused-ring (bicyclic) bond motifs is 1. The number of pyridine rings is 2. The molecule has 0 aromatic carbocycles. The third kappa shape index (κ3) is 2.71. The summed E-state index contributed by atoms with van der Waals surface area (Å²) in [5.41, 5.74) is 1.84. The lowest BCUT2D eigenvalue weighted by molar-refractivity contribution is -0.377. The van der Waals surface area contributed by atoms with Crippen LogP contribution in [-0.4, -0.2) is 31.1 Å². The van der Waals surface area contributed by atoms with Crippen molar-refractivity contribution >= 4 is 17.5 Å². The summed E-state index contributed by atoms with van der Waals surface area (Å²) in [5, 5.41) is 17.5. The van der Waals surface area contributed by atoms with Crippen molar-refractivity contribution in [3.05, 3.63) is 66.9 Å². The maximum Gasteiger partial charge on any atom is 0.247 e. The van der Waals surface area contributed by atoms with E-state index in [1.165, 1.54) is 0 Å². The fourth-order valence-electron chi connectivity index (χ4n) is 2.86. The van der Waals surface area contributed by atoms with Gasteiger partial charge in [-0.3, -0.25) is 9.78 Å². The largest absolute Gasteiger partial charge is 0.326 e. The Kier molecular flexibility index (Phi) is 3.65. The normalized spacial score (nSPS) is 19.0. The highest BCUT2D eigenvalue weighted by molar-refractivity contribution is 5.95. The number of aromatic nitrogens is 6. The van der Waals surface area contributed by atoms with Crippen molar-refractivity contribution in [2.24, 2.45) is 5.92 Å². The Morgan fingerprint density at radius 1 is 1.32 bits per heavy atom. The molecular formula is C16H15N8O+. The third-order valence-electron chi connectivity index (χ3n) is 3.97. The van der Waals surface area contributed by atoms with Gasteiger partial charge in [-0.25, -0.2) is 9.67 Å². The lowest BCUT2D eigenvalue weighted by Crippen LogP contribution is -2.40. The van der Waals surface area contributed by atoms with E-state index in [9.17, 15) is 4.79 Å². The molecule has 9 nitrogen and oxygen atoms in total. The molecule has 3 aromatic heterocycles. The molecule has 2 unspecified atom stereocenters. The number of carbonyl (C=O) groups excluding carboxylic acids is 1. The van der Waals surface area contributed by atoms with E-state index in [0.717, 1.165) is 0 Å². The first kappa shape index (κ1) is 14.9. The van der Waals surface area contributed by atoms with Crippen molar-refractivity contribution < 1.29 is 9.78 Å². The SMILES string of the molecule is C=C1Nc2nnnn2C(c2ccccn2)C1C(=O)Nc1ccc[nH+]c1. The average Bonchev–Trinajstić information content (AvgIpc) is 3.10. The smallest absolute Gasteiger partial charge is 0.247 e. The van der Waals surface area contributed by atoms with Crippen LogP contribution in [0.5, 0.6) is 0 Å². The highest BCUT2D eigenvalue weighted by Gasteiger charge is 2.40. The van der Waals surface area contributed by atoms with Crippen molar-refractivity contribution in [1.82, 2.24) is 25.2 Å². The molecule has 3 N–H and O–H groups in total. The Balaban J connectivity index is 1.74. The van der Waals surface area contributed by atoms with Gasteiger partial charge in [0.05, 0.1) is 5.69 Å². The summed E-state index contributed by atoms with van der Waals surface area (Å²) < 4.78 is 1.55. The fourth-order valence-corrected chi connectivity index (χ4v) is 2.86. The molecule has 0 saturated carbocycles. The molecule has 4 rings (SSSR count). The van der Waals surface area contributed by atoms with Gasteiger partial charge in [-0.05, 0) is 28.6 Å². The van der Waals surface area contributed by atoms with Crippen LogP contribution in [0.2, 0.25) is 0 Å². The van der Waals surface area contributed by atoms with Crippen LogP contribution in [0.25, 0.3) is 0 Å². The monoisotopic (exact) mass is 335 g/mol. The third-order valence-corrected chi connectivity index (χ3v) is 3.97. The molecule has 0 saturated heterocycles. The van der Waals surface area contributed by atoms with Crippen LogP contribution in [0.4, 0.5) is 11.6 Å². The molecule has 4 heterocycles. The van der Waals surface area contributed by atoms with Gasteiger partial charge in [-0.1, -0.05) is 17.7 Å². The Morgan fingerprint density at radius 2 is 2.24 bits per heavy atom. The molecule has 0 radical (unpaired) electrons. The van der Waals surface area contributed by atoms with Crippen LogP contribution in [0.1, 0.15) is 11.7 Å². The lowest BCUT2D eigenvalue weighted by Gasteiger charge is -2.32. The Hall–Kier alpha value is -3.62. The van der Waals surface area contributed by atoms with E-state index < -0.39 is 12.0 Å². The molecule has 9 heteroatoms. The predicted octanol–water partition coefficient (Wildman–Crippen LogP) is 0.666. The van der Waals surface area contributed by atoms with Crippen LogP contribution >= 0.6 is 0 Å². The summed E-state index contributed by atoms with van der Waals surface area (Å²) in [4.78, 5) is 20.3. The molecule has 1 aliphatic rings. The number of hydrogen-bond donors (Lipinski definition) is 2. The maximum absolute atomic E-state index is 13.0. The van der Waals surface area contributed by atoms with Gasteiger partial charge < -0.3 is 10.6 Å². The van der Waals surface area contributed by atoms with E-state index >= 15 is 0 Å². The molecule has 0 fully saturated rings. The summed E-state index contributed by atoms with van der Waals surface area (Å²) in [7, 11) is 0. The number of nitrogens with zero attached hydrogens (tertiary/aromatic N) is 5. The average molecular weight is 335 g/mol. The minimum Gasteiger partial charge on any atom is -0.326 e. The highest BCUT2D eigenvalue weighted by atomic mass is 16.2. The van der Waals surface area contributed by atoms with Crippen molar-refractivity contribution in [2.75, 3.05) is 10.6 Å². The van der Waals surface area contributed by atoms with Crippen LogP contribution in [0.3, 0.4) is 0 Å². The lowest BCUT2D eigenvalue weighted by atomic mass is 9.91. The van der Waals surface area contributed by atoms with Gasteiger partial charge in [0.25, 0.3) is 0 Å². The molecule has 1 amide bonds. The van der Waals surface area contributed by atoms with Gasteiger partial charge in [0.15, 0.2) is 12.4 Å². The van der Waals surface area contributed by atoms with Crippen LogP contribution in [-0.2, 0) is 4.79 Å². The highest BCUT2D eigenvalue weighted by Crippen LogP contribution is 2.36. The zero-order chi connectivity index (χ0) is 17.2. The van der Waals surface area contributed by atoms with E-state index in [1.807, 2.05) is 18.2 Å². The summed E-state index contributed by atoms with van der Waals surface area (Å²) in [6, 6.07) is 8.62. The summed E-state index contributed by atoms with van der Waals surface area (Å²) >= 11 is 0. The number of hydrogen-bond acceptors (Lipinski definition) is 6. The number of anilines is 2. The van der Waals surface area contributed by atoms with E-state index in [2.05, 4.69) is 42.7 Å². The van der Waals surface area contributed by atoms with Crippen molar-refractivity contribution in [2.45, 2.75) is 6.04 Å². The van der Waals surface area contributed by atoms with Gasteiger partial charge in [0.2, 0.25) is 11.9 Å². The molecule has 124 valence electrons. The van der Waals surface area contributed by atoms with Crippen molar-refractivity contribution in [1.29, 1.82) is 0 Å². The number of H-pyrrole nitrogens is 1. The van der Waals surface area contributed by atoms with E-state index in [-0.39, 0.29) is 5.91 Å². The van der Waals surface area contributed by atoms with Crippen LogP contribution < -0.4 is 15.6 Å². The van der Waals surface area contributed by atoms with Gasteiger partial charge in [0.1, 0.15) is 17.6 Å². The fraction of sp³-hybridized carbons (Fsp3) is 0.125. The minimum atomic E-state index is -0.633. The second-order valence-corrected chi connectivity index (χ2v) is 5.56. The molecule has 3 aromatic rings.